The topological polar surface area (TPSA) is 48.0 Å². The van der Waals surface area contributed by atoms with Crippen LogP contribution < -0.4 is 57.1 Å². The largest absolute Gasteiger partial charge is 1.00 e. The van der Waals surface area contributed by atoms with Crippen LogP contribution in [0.1, 0.15) is 0 Å². The molecule has 0 aliphatic carbocycles. The number of rotatable bonds is 2. The van der Waals surface area contributed by atoms with Crippen LogP contribution in [0.4, 0.5) is 12.9 Å². The summed E-state index contributed by atoms with van der Waals surface area (Å²) in [5.41, 5.74) is -0.0238. The Morgan fingerprint density at radius 2 is 2.12 bits per heavy atom. The number of pyridine rings is 1. The molecule has 0 unspecified atom stereocenters. The molecule has 4 nitrogen and oxygen atoms in total. The molecule has 0 amide bonds. The van der Waals surface area contributed by atoms with Gasteiger partial charge in [-0.1, -0.05) is 0 Å². The van der Waals surface area contributed by atoms with E-state index >= 15 is 0 Å². The van der Waals surface area contributed by atoms with E-state index in [4.69, 9.17) is 0 Å². The van der Waals surface area contributed by atoms with Gasteiger partial charge in [0.1, 0.15) is 0 Å². The smallest absolute Gasteiger partial charge is 0.448 e. The second kappa shape index (κ2) is 5.05. The zero-order valence-corrected chi connectivity index (χ0v) is 11.5. The third kappa shape index (κ3) is 2.98. The van der Waals surface area contributed by atoms with Crippen molar-refractivity contribution in [2.24, 2.45) is 0 Å². The van der Waals surface area contributed by atoms with E-state index in [0.717, 1.165) is 0 Å². The van der Waals surface area contributed by atoms with Crippen molar-refractivity contribution in [3.05, 3.63) is 28.9 Å². The molecule has 0 aliphatic rings. The average molecular weight is 256 g/mol. The molecule has 2 heterocycles. The summed E-state index contributed by atoms with van der Waals surface area (Å²) in [7, 11) is 0. The minimum absolute atomic E-state index is 0. The molecular weight excluding hydrogens is 251 g/mol. The fourth-order valence-electron chi connectivity index (χ4n) is 1.27. The van der Waals surface area contributed by atoms with E-state index < -0.39 is 19.2 Å². The van der Waals surface area contributed by atoms with E-state index in [-0.39, 0.29) is 62.6 Å². The van der Waals surface area contributed by atoms with Gasteiger partial charge in [-0.2, -0.15) is 0 Å². The van der Waals surface area contributed by atoms with Gasteiger partial charge in [-0.15, -0.1) is 0 Å². The minimum Gasteiger partial charge on any atom is -0.448 e. The van der Waals surface area contributed by atoms with Gasteiger partial charge in [0.05, 0.1) is 0 Å². The molecule has 0 atom stereocenters. The van der Waals surface area contributed by atoms with Crippen LogP contribution in [0.3, 0.4) is 0 Å². The number of fused-ring (bicyclic) bond motifs is 1. The van der Waals surface area contributed by atoms with E-state index in [0.29, 0.717) is 4.57 Å². The van der Waals surface area contributed by atoms with Crippen LogP contribution in [0.2, 0.25) is 0 Å². The molecule has 2 aromatic rings. The van der Waals surface area contributed by atoms with Crippen molar-refractivity contribution < 1.29 is 68.7 Å². The summed E-state index contributed by atoms with van der Waals surface area (Å²) in [4.78, 5) is 14.7. The zero-order valence-electron chi connectivity index (χ0n) is 8.36. The van der Waals surface area contributed by atoms with Gasteiger partial charge in [0, 0.05) is 12.6 Å². The van der Waals surface area contributed by atoms with Gasteiger partial charge in [0.25, 0.3) is 0 Å². The summed E-state index contributed by atoms with van der Waals surface area (Å²) in [6.45, 7) is -5.09. The van der Waals surface area contributed by atoms with Gasteiger partial charge in [-0.05, 0) is 12.1 Å². The molecule has 0 aliphatic heterocycles. The molecule has 2 rings (SSSR count). The molecule has 0 aromatic carbocycles. The maximum absolute atomic E-state index is 12.2. The molecule has 2 aromatic heterocycles. The molecule has 0 bridgehead atoms. The van der Waals surface area contributed by atoms with Gasteiger partial charge in [-0.25, -0.2) is 9.78 Å². The predicted octanol–water partition coefficient (Wildman–Crippen LogP) is -1.62. The van der Waals surface area contributed by atoms with Crippen molar-refractivity contribution >= 4 is 18.2 Å². The van der Waals surface area contributed by atoms with E-state index in [1.807, 2.05) is 0 Å². The van der Waals surface area contributed by atoms with E-state index in [9.17, 15) is 17.7 Å². The first-order valence-corrected chi connectivity index (χ1v) is 4.13. The van der Waals surface area contributed by atoms with Crippen LogP contribution >= 0.6 is 0 Å². The maximum atomic E-state index is 12.2. The number of oxazole rings is 1. The van der Waals surface area contributed by atoms with Gasteiger partial charge >= 0.3 is 64.1 Å². The monoisotopic (exact) mass is 256 g/mol. The number of hydrogen-bond donors (Lipinski definition) is 0. The first-order valence-electron chi connectivity index (χ1n) is 4.13. The fourth-order valence-corrected chi connectivity index (χ4v) is 1.27. The van der Waals surface area contributed by atoms with Crippen LogP contribution in [-0.4, -0.2) is 16.5 Å². The third-order valence-corrected chi connectivity index (χ3v) is 1.81. The van der Waals surface area contributed by atoms with Crippen molar-refractivity contribution in [2.75, 3.05) is 0 Å². The van der Waals surface area contributed by atoms with Gasteiger partial charge in [0.2, 0.25) is 0 Å². The van der Waals surface area contributed by atoms with Crippen molar-refractivity contribution in [2.45, 2.75) is 6.44 Å². The van der Waals surface area contributed by atoms with E-state index in [1.54, 1.807) is 0 Å². The molecule has 0 fully saturated rings. The molecule has 80 valence electrons. The number of hydrogen-bond acceptors (Lipinski definition) is 3. The molecule has 0 saturated carbocycles. The zero-order chi connectivity index (χ0) is 11.1. The van der Waals surface area contributed by atoms with Crippen LogP contribution in [-0.2, 0) is 6.44 Å². The van der Waals surface area contributed by atoms with Gasteiger partial charge < -0.3 is 17.4 Å². The maximum Gasteiger partial charge on any atom is 1.00 e. The molecule has 0 saturated heterocycles. The molecule has 0 N–H and O–H groups in total. The van der Waals surface area contributed by atoms with Crippen LogP contribution in [0, 0.1) is 0 Å². The third-order valence-electron chi connectivity index (χ3n) is 1.81. The minimum atomic E-state index is -5.09. The van der Waals surface area contributed by atoms with E-state index in [1.165, 1.54) is 18.3 Å². The average Bonchev–Trinajstić information content (AvgIpc) is 2.41. The van der Waals surface area contributed by atoms with Crippen molar-refractivity contribution in [3.63, 3.8) is 0 Å². The molecule has 0 radical (unpaired) electrons. The summed E-state index contributed by atoms with van der Waals surface area (Å²) < 4.78 is 41.6. The summed E-state index contributed by atoms with van der Waals surface area (Å²) in [5, 5.41) is 0. The Balaban J connectivity index is 0.00000128. The summed E-state index contributed by atoms with van der Waals surface area (Å²) >= 11 is 0. The molecule has 9 heteroatoms. The van der Waals surface area contributed by atoms with Crippen LogP contribution in [0.5, 0.6) is 0 Å². The Hall–Kier alpha value is -0.0887. The summed E-state index contributed by atoms with van der Waals surface area (Å²) in [5.74, 6) is -1.04. The quantitative estimate of drug-likeness (QED) is 0.607. The Bertz CT molecular complexity index is 550. The number of aromatic nitrogens is 2. The van der Waals surface area contributed by atoms with Crippen LogP contribution in [0.25, 0.3) is 11.2 Å². The SMILES string of the molecule is O=c1oc2cccnc2n1C[B-](F)(F)F.[K+]. The summed E-state index contributed by atoms with van der Waals surface area (Å²) in [6.07, 6.45) is -0.0278. The number of nitrogens with zero attached hydrogens (tertiary/aromatic N) is 2. The standard InChI is InChI=1S/C7H5BF3N2O2.K/c9-8(10,11)4-13-6-5(15-7(13)14)2-1-3-12-6;/h1-3H,4H2;/q-1;+1. The normalized spacial score (nSPS) is 11.4. The second-order valence-corrected chi connectivity index (χ2v) is 3.01. The van der Waals surface area contributed by atoms with Crippen molar-refractivity contribution in [3.8, 4) is 0 Å². The Morgan fingerprint density at radius 3 is 2.75 bits per heavy atom. The first-order chi connectivity index (χ1) is 6.97. The second-order valence-electron chi connectivity index (χ2n) is 3.01. The summed E-state index contributed by atoms with van der Waals surface area (Å²) in [6, 6.07) is 2.87. The Morgan fingerprint density at radius 1 is 1.44 bits per heavy atom. The first kappa shape index (κ1) is 14.0. The molecular formula is C7H5BF3KN2O2. The molecule has 16 heavy (non-hydrogen) atoms. The Labute approximate surface area is 130 Å². The van der Waals surface area contributed by atoms with Gasteiger partial charge in [-0.3, -0.25) is 4.57 Å². The van der Waals surface area contributed by atoms with Crippen molar-refractivity contribution in [1.82, 2.24) is 9.55 Å². The molecule has 0 spiro atoms. The predicted molar refractivity (Wildman–Crippen MR) is 47.3 cm³/mol. The Kier molecular flexibility index (Phi) is 4.41. The van der Waals surface area contributed by atoms with E-state index in [2.05, 4.69) is 9.40 Å². The fraction of sp³-hybridized carbons (Fsp3) is 0.143. The number of halogens is 3. The van der Waals surface area contributed by atoms with Gasteiger partial charge in [0.15, 0.2) is 11.2 Å². The van der Waals surface area contributed by atoms with Crippen molar-refractivity contribution in [1.29, 1.82) is 0 Å². The van der Waals surface area contributed by atoms with Crippen LogP contribution in [0.15, 0.2) is 27.5 Å².